The van der Waals surface area contributed by atoms with E-state index in [9.17, 15) is 8.42 Å². The van der Waals surface area contributed by atoms with Crippen molar-refractivity contribution in [2.45, 2.75) is 96.5 Å². The average molecular weight is 723 g/mol. The molecule has 1 aliphatic rings. The fourth-order valence-electron chi connectivity index (χ4n) is 7.47. The van der Waals surface area contributed by atoms with Crippen LogP contribution in [0, 0.1) is 0 Å². The highest BCUT2D eigenvalue weighted by molar-refractivity contribution is 7.88. The molecule has 1 saturated heterocycles. The van der Waals surface area contributed by atoms with Crippen molar-refractivity contribution in [1.82, 2.24) is 24.2 Å². The van der Waals surface area contributed by atoms with Gasteiger partial charge in [-0.05, 0) is 58.9 Å². The lowest BCUT2D eigenvalue weighted by Crippen LogP contribution is -2.47. The Labute approximate surface area is 299 Å². The molecule has 0 unspecified atom stereocenters. The van der Waals surface area contributed by atoms with Crippen LogP contribution in [0.1, 0.15) is 71.8 Å². The van der Waals surface area contributed by atoms with E-state index in [1.165, 1.54) is 4.31 Å². The number of sulfonamides is 1. The second kappa shape index (κ2) is 15.9. The minimum Gasteiger partial charge on any atom is -0.497 e. The predicted molar refractivity (Wildman–Crippen MR) is 202 cm³/mol. The Morgan fingerprint density at radius 1 is 1.00 bits per heavy atom. The Bertz CT molecular complexity index is 1830. The van der Waals surface area contributed by atoms with Crippen LogP contribution in [0.2, 0.25) is 16.6 Å². The third-order valence-electron chi connectivity index (χ3n) is 10.1. The number of rotatable bonds is 15. The molecule has 1 fully saturated rings. The van der Waals surface area contributed by atoms with E-state index in [0.717, 1.165) is 34.5 Å². The molecule has 4 aromatic rings. The molecule has 13 heteroatoms. The first kappa shape index (κ1) is 37.9. The minimum atomic E-state index is -3.73. The second-order valence-corrected chi connectivity index (χ2v) is 21.8. The topological polar surface area (TPSA) is 123 Å². The molecule has 1 aliphatic heterocycles. The van der Waals surface area contributed by atoms with Gasteiger partial charge in [0.1, 0.15) is 23.0 Å². The molecule has 11 nitrogen and oxygen atoms in total. The largest absolute Gasteiger partial charge is 0.497 e. The average Bonchev–Trinajstić information content (AvgIpc) is 3.50. The fourth-order valence-corrected chi connectivity index (χ4v) is 14.0. The SMILES string of the molecule is CC[C@H]1COCCN1c1cc(CS(=O)(=O)N(C)Cc2ccc(OC)cc2)nc(-c2ccc3[nH]c(CO[Si](C(C)C)(C(C)C)C(C)C)cc3n2)n1. The van der Waals surface area contributed by atoms with Gasteiger partial charge in [0.05, 0.1) is 49.7 Å². The standard InChI is InChI=1S/C37H54N6O5SSi/c1-10-31-23-47-18-17-43(31)36-20-30(24-49(44,45)42(8)21-28-11-13-32(46-9)14-12-28)39-37(41-36)34-16-15-33-35(40-34)19-29(38-33)22-48-50(25(2)3,26(4)5)27(6)7/h11-16,19-20,25-27,31,38H,10,17-18,21-24H2,1-9H3/t31-/m0/s1. The summed E-state index contributed by atoms with van der Waals surface area (Å²) in [6.45, 7) is 18.4. The van der Waals surface area contributed by atoms with Crippen molar-refractivity contribution in [2.24, 2.45) is 0 Å². The first-order valence-electron chi connectivity index (χ1n) is 17.7. The summed E-state index contributed by atoms with van der Waals surface area (Å²) in [5.74, 6) is 1.51. The number of pyridine rings is 1. The number of anilines is 1. The molecule has 1 atom stereocenters. The third kappa shape index (κ3) is 8.23. The van der Waals surface area contributed by atoms with Gasteiger partial charge >= 0.3 is 0 Å². The van der Waals surface area contributed by atoms with Crippen LogP contribution in [-0.4, -0.2) is 80.9 Å². The van der Waals surface area contributed by atoms with Gasteiger partial charge in [0, 0.05) is 31.9 Å². The summed E-state index contributed by atoms with van der Waals surface area (Å²) in [7, 11) is -2.58. The summed E-state index contributed by atoms with van der Waals surface area (Å²) in [4.78, 5) is 20.4. The first-order chi connectivity index (χ1) is 23.8. The van der Waals surface area contributed by atoms with Crippen molar-refractivity contribution >= 4 is 35.2 Å². The Morgan fingerprint density at radius 3 is 2.34 bits per heavy atom. The first-order valence-corrected chi connectivity index (χ1v) is 21.4. The van der Waals surface area contributed by atoms with E-state index in [0.29, 0.717) is 66.0 Å². The molecule has 0 saturated carbocycles. The lowest BCUT2D eigenvalue weighted by Gasteiger charge is -2.42. The van der Waals surface area contributed by atoms with Gasteiger partial charge in [-0.1, -0.05) is 60.6 Å². The number of nitrogens with zero attached hydrogens (tertiary/aromatic N) is 5. The highest BCUT2D eigenvalue weighted by Crippen LogP contribution is 2.42. The maximum absolute atomic E-state index is 13.7. The van der Waals surface area contributed by atoms with Gasteiger partial charge in [-0.3, -0.25) is 0 Å². The second-order valence-electron chi connectivity index (χ2n) is 14.3. The van der Waals surface area contributed by atoms with Gasteiger partial charge < -0.3 is 23.8 Å². The van der Waals surface area contributed by atoms with Crippen molar-refractivity contribution in [1.29, 1.82) is 0 Å². The molecule has 4 heterocycles. The number of benzene rings is 1. The Kier molecular flexibility index (Phi) is 12.0. The van der Waals surface area contributed by atoms with Gasteiger partial charge in [0.2, 0.25) is 18.3 Å². The van der Waals surface area contributed by atoms with Crippen LogP contribution in [0.3, 0.4) is 0 Å². The van der Waals surface area contributed by atoms with Gasteiger partial charge in [0.25, 0.3) is 0 Å². The van der Waals surface area contributed by atoms with E-state index in [4.69, 9.17) is 28.9 Å². The van der Waals surface area contributed by atoms with Crippen LogP contribution in [0.5, 0.6) is 5.75 Å². The van der Waals surface area contributed by atoms with Gasteiger partial charge in [-0.2, -0.15) is 0 Å². The Balaban J connectivity index is 1.46. The molecule has 1 N–H and O–H groups in total. The minimum absolute atomic E-state index is 0.120. The number of hydrogen-bond donors (Lipinski definition) is 1. The molecular weight excluding hydrogens is 669 g/mol. The van der Waals surface area contributed by atoms with Gasteiger partial charge in [0.15, 0.2) is 5.82 Å². The molecule has 272 valence electrons. The summed E-state index contributed by atoms with van der Waals surface area (Å²) in [6, 6.07) is 15.2. The normalized spacial score (nSPS) is 16.0. The van der Waals surface area contributed by atoms with Gasteiger partial charge in [-0.15, -0.1) is 0 Å². The highest BCUT2D eigenvalue weighted by Gasteiger charge is 2.45. The summed E-state index contributed by atoms with van der Waals surface area (Å²) in [5, 5.41) is 0. The zero-order chi connectivity index (χ0) is 36.2. The van der Waals surface area contributed by atoms with Crippen molar-refractivity contribution < 1.29 is 22.3 Å². The number of ether oxygens (including phenoxy) is 2. The Hall–Kier alpha value is -3.36. The van der Waals surface area contributed by atoms with Crippen molar-refractivity contribution in [2.75, 3.05) is 38.8 Å². The molecule has 0 spiro atoms. The zero-order valence-electron chi connectivity index (χ0n) is 31.1. The van der Waals surface area contributed by atoms with E-state index < -0.39 is 18.3 Å². The third-order valence-corrected chi connectivity index (χ3v) is 17.9. The van der Waals surface area contributed by atoms with E-state index in [2.05, 4.69) is 58.4 Å². The number of methoxy groups -OCH3 is 1. The molecule has 0 bridgehead atoms. The van der Waals surface area contributed by atoms with Crippen LogP contribution in [0.15, 0.2) is 48.5 Å². The van der Waals surface area contributed by atoms with Crippen molar-refractivity contribution in [3.8, 4) is 17.3 Å². The number of hydrogen-bond acceptors (Lipinski definition) is 9. The lowest BCUT2D eigenvalue weighted by molar-refractivity contribution is 0.0925. The van der Waals surface area contributed by atoms with Crippen LogP contribution in [-0.2, 0) is 38.1 Å². The maximum Gasteiger partial charge on any atom is 0.219 e. The molecule has 0 radical (unpaired) electrons. The summed E-state index contributed by atoms with van der Waals surface area (Å²) >= 11 is 0. The van der Waals surface area contributed by atoms with Crippen LogP contribution < -0.4 is 9.64 Å². The number of H-pyrrole nitrogens is 1. The predicted octanol–water partition coefficient (Wildman–Crippen LogP) is 7.30. The van der Waals surface area contributed by atoms with Crippen LogP contribution in [0.25, 0.3) is 22.6 Å². The van der Waals surface area contributed by atoms with E-state index in [1.54, 1.807) is 20.2 Å². The molecular formula is C37H54N6O5SSi. The zero-order valence-corrected chi connectivity index (χ0v) is 32.9. The number of morpholine rings is 1. The molecule has 5 rings (SSSR count). The fraction of sp³-hybridized carbons (Fsp3) is 0.541. The number of nitrogens with one attached hydrogen (secondary N) is 1. The monoisotopic (exact) mass is 722 g/mol. The number of aromatic nitrogens is 4. The maximum atomic E-state index is 13.7. The lowest BCUT2D eigenvalue weighted by atomic mass is 10.1. The Morgan fingerprint density at radius 2 is 1.70 bits per heavy atom. The summed E-state index contributed by atoms with van der Waals surface area (Å²) in [5.41, 5.74) is 5.97. The molecule has 0 aliphatic carbocycles. The van der Waals surface area contributed by atoms with Crippen LogP contribution in [0.4, 0.5) is 5.82 Å². The van der Waals surface area contributed by atoms with Crippen molar-refractivity contribution in [3.05, 3.63) is 65.5 Å². The van der Waals surface area contributed by atoms with Gasteiger partial charge in [-0.25, -0.2) is 27.7 Å². The molecule has 1 aromatic carbocycles. The summed E-state index contributed by atoms with van der Waals surface area (Å²) < 4.78 is 46.6. The van der Waals surface area contributed by atoms with E-state index in [1.807, 2.05) is 42.5 Å². The molecule has 0 amide bonds. The van der Waals surface area contributed by atoms with E-state index in [-0.39, 0.29) is 18.3 Å². The van der Waals surface area contributed by atoms with Crippen molar-refractivity contribution in [3.63, 3.8) is 0 Å². The van der Waals surface area contributed by atoms with E-state index >= 15 is 0 Å². The molecule has 3 aromatic heterocycles. The number of fused-ring (bicyclic) bond motifs is 1. The quantitative estimate of drug-likeness (QED) is 0.126. The number of aromatic amines is 1. The molecule has 50 heavy (non-hydrogen) atoms. The highest BCUT2D eigenvalue weighted by atomic mass is 32.2. The summed E-state index contributed by atoms with van der Waals surface area (Å²) in [6.07, 6.45) is 0.866. The smallest absolute Gasteiger partial charge is 0.219 e. The van der Waals surface area contributed by atoms with Crippen LogP contribution >= 0.6 is 0 Å².